The number of benzene rings is 9. The van der Waals surface area contributed by atoms with Crippen LogP contribution < -0.4 is 0 Å². The van der Waals surface area contributed by atoms with Crippen molar-refractivity contribution in [3.8, 4) is 73.2 Å². The molecule has 0 amide bonds. The maximum atomic E-state index is 5.11. The first-order valence-electron chi connectivity index (χ1n) is 21.2. The zero-order chi connectivity index (χ0) is 40.8. The van der Waals surface area contributed by atoms with Crippen molar-refractivity contribution in [2.75, 3.05) is 0 Å². The fourth-order valence-corrected chi connectivity index (χ4v) is 10.4. The van der Waals surface area contributed by atoms with Crippen LogP contribution in [0.3, 0.4) is 0 Å². The normalized spacial score (nSPS) is 14.5. The van der Waals surface area contributed by atoms with Gasteiger partial charge in [0.2, 0.25) is 0 Å². The topological polar surface area (TPSA) is 43.6 Å². The van der Waals surface area contributed by atoms with Crippen molar-refractivity contribution < 1.29 is 0 Å². The summed E-state index contributed by atoms with van der Waals surface area (Å²) in [6, 6.07) is 78.6. The SMILES string of the molecule is c1ccc(-c2cccc(-c3nc(-c4ccccc4)nc(-c4ccc(-c5ccc6c(c5)C5(c7ccccc7-6)c6ccccc6-n6c7ccccc7c7cccc5c76)cc4)n3)c2)cc1. The number of rotatable bonds is 5. The molecule has 288 valence electrons. The molecule has 0 saturated heterocycles. The van der Waals surface area contributed by atoms with Crippen LogP contribution >= 0.6 is 0 Å². The Morgan fingerprint density at radius 1 is 0.306 bits per heavy atom. The fourth-order valence-electron chi connectivity index (χ4n) is 10.4. The van der Waals surface area contributed by atoms with E-state index in [4.69, 9.17) is 15.0 Å². The van der Waals surface area contributed by atoms with E-state index in [0.29, 0.717) is 17.5 Å². The summed E-state index contributed by atoms with van der Waals surface area (Å²) in [6.07, 6.45) is 0. The molecule has 1 spiro atoms. The molecule has 1 unspecified atom stereocenters. The summed E-state index contributed by atoms with van der Waals surface area (Å²) in [7, 11) is 0. The molecule has 62 heavy (non-hydrogen) atoms. The van der Waals surface area contributed by atoms with Crippen LogP contribution in [0.4, 0.5) is 0 Å². The van der Waals surface area contributed by atoms with Gasteiger partial charge < -0.3 is 4.57 Å². The van der Waals surface area contributed by atoms with E-state index in [1.165, 1.54) is 60.9 Å². The molecule has 11 aromatic rings. The van der Waals surface area contributed by atoms with Gasteiger partial charge in [0, 0.05) is 27.5 Å². The predicted octanol–water partition coefficient (Wildman–Crippen LogP) is 14.0. The Kier molecular flexibility index (Phi) is 7.49. The van der Waals surface area contributed by atoms with Crippen molar-refractivity contribution in [3.05, 3.63) is 241 Å². The van der Waals surface area contributed by atoms with Crippen molar-refractivity contribution in [1.82, 2.24) is 19.5 Å². The van der Waals surface area contributed by atoms with Gasteiger partial charge in [-0.15, -0.1) is 0 Å². The van der Waals surface area contributed by atoms with Crippen LogP contribution in [0.25, 0.3) is 95.0 Å². The van der Waals surface area contributed by atoms with Crippen molar-refractivity contribution in [2.45, 2.75) is 5.41 Å². The lowest BCUT2D eigenvalue weighted by Crippen LogP contribution is -2.33. The van der Waals surface area contributed by atoms with Gasteiger partial charge >= 0.3 is 0 Å². The number of hydrogen-bond acceptors (Lipinski definition) is 3. The van der Waals surface area contributed by atoms with E-state index in [1.54, 1.807) is 0 Å². The Morgan fingerprint density at radius 2 is 0.806 bits per heavy atom. The number of hydrogen-bond donors (Lipinski definition) is 0. The molecule has 3 heterocycles. The van der Waals surface area contributed by atoms with Crippen LogP contribution in [0.5, 0.6) is 0 Å². The van der Waals surface area contributed by atoms with Crippen molar-refractivity contribution in [1.29, 1.82) is 0 Å². The zero-order valence-corrected chi connectivity index (χ0v) is 33.6. The Bertz CT molecular complexity index is 3570. The number of para-hydroxylation sites is 3. The van der Waals surface area contributed by atoms with E-state index in [2.05, 4.69) is 199 Å². The predicted molar refractivity (Wildman–Crippen MR) is 252 cm³/mol. The van der Waals surface area contributed by atoms with Crippen LogP contribution in [-0.2, 0) is 5.41 Å². The van der Waals surface area contributed by atoms with E-state index < -0.39 is 5.41 Å². The minimum absolute atomic E-state index is 0.505. The lowest BCUT2D eigenvalue weighted by molar-refractivity contribution is 0.749. The molecule has 2 aromatic heterocycles. The van der Waals surface area contributed by atoms with E-state index in [-0.39, 0.29) is 0 Å². The van der Waals surface area contributed by atoms with Crippen LogP contribution in [-0.4, -0.2) is 19.5 Å². The van der Waals surface area contributed by atoms with Crippen molar-refractivity contribution >= 4 is 21.8 Å². The van der Waals surface area contributed by atoms with Gasteiger partial charge in [0.25, 0.3) is 0 Å². The molecule has 0 fully saturated rings. The zero-order valence-electron chi connectivity index (χ0n) is 33.6. The molecule has 0 N–H and O–H groups in total. The highest BCUT2D eigenvalue weighted by Gasteiger charge is 2.50. The highest BCUT2D eigenvalue weighted by atomic mass is 15.0. The minimum atomic E-state index is -0.505. The molecule has 1 aliphatic heterocycles. The van der Waals surface area contributed by atoms with Crippen LogP contribution in [0, 0.1) is 0 Å². The first-order chi connectivity index (χ1) is 30.7. The molecule has 13 rings (SSSR count). The third-order valence-electron chi connectivity index (χ3n) is 13.1. The summed E-state index contributed by atoms with van der Waals surface area (Å²) in [6.45, 7) is 0. The smallest absolute Gasteiger partial charge is 0.164 e. The van der Waals surface area contributed by atoms with Gasteiger partial charge in [0.15, 0.2) is 17.5 Å². The molecule has 9 aromatic carbocycles. The molecule has 0 saturated carbocycles. The second kappa shape index (κ2) is 13.4. The van der Waals surface area contributed by atoms with Gasteiger partial charge in [-0.3, -0.25) is 0 Å². The first kappa shape index (κ1) is 34.6. The first-order valence-corrected chi connectivity index (χ1v) is 21.2. The summed E-state index contributed by atoms with van der Waals surface area (Å²) in [5.41, 5.74) is 18.4. The molecule has 1 atom stereocenters. The Balaban J connectivity index is 0.960. The Hall–Kier alpha value is -8.21. The van der Waals surface area contributed by atoms with Crippen LogP contribution in [0.2, 0.25) is 0 Å². The van der Waals surface area contributed by atoms with Crippen LogP contribution in [0.1, 0.15) is 22.3 Å². The molecule has 1 aliphatic carbocycles. The number of nitrogens with zero attached hydrogens (tertiary/aromatic N) is 4. The molecule has 2 aliphatic rings. The largest absolute Gasteiger partial charge is 0.309 e. The minimum Gasteiger partial charge on any atom is -0.309 e. The highest BCUT2D eigenvalue weighted by Crippen LogP contribution is 2.61. The second-order valence-corrected chi connectivity index (χ2v) is 16.3. The quantitative estimate of drug-likeness (QED) is 0.174. The third kappa shape index (κ3) is 4.98. The molecular formula is C58H36N4. The third-order valence-corrected chi connectivity index (χ3v) is 13.1. The Labute approximate surface area is 359 Å². The van der Waals surface area contributed by atoms with Gasteiger partial charge in [-0.05, 0) is 79.9 Å². The molecule has 0 radical (unpaired) electrons. The molecular weight excluding hydrogens is 753 g/mol. The summed E-state index contributed by atoms with van der Waals surface area (Å²) in [5, 5.41) is 2.56. The van der Waals surface area contributed by atoms with E-state index in [0.717, 1.165) is 38.9 Å². The van der Waals surface area contributed by atoms with Crippen molar-refractivity contribution in [3.63, 3.8) is 0 Å². The van der Waals surface area contributed by atoms with Crippen LogP contribution in [0.15, 0.2) is 218 Å². The van der Waals surface area contributed by atoms with E-state index in [1.807, 2.05) is 24.3 Å². The maximum Gasteiger partial charge on any atom is 0.164 e. The molecule has 4 nitrogen and oxygen atoms in total. The fraction of sp³-hybridized carbons (Fsp3) is 0.0172. The van der Waals surface area contributed by atoms with Gasteiger partial charge in [0.1, 0.15) is 0 Å². The lowest BCUT2D eigenvalue weighted by atomic mass is 9.65. The van der Waals surface area contributed by atoms with Gasteiger partial charge in [-0.2, -0.15) is 0 Å². The van der Waals surface area contributed by atoms with Gasteiger partial charge in [0.05, 0.1) is 22.1 Å². The highest BCUT2D eigenvalue weighted by molar-refractivity contribution is 6.13. The van der Waals surface area contributed by atoms with Gasteiger partial charge in [-0.25, -0.2) is 15.0 Å². The summed E-state index contributed by atoms with van der Waals surface area (Å²) in [5.74, 6) is 1.92. The van der Waals surface area contributed by atoms with Gasteiger partial charge in [-0.1, -0.05) is 194 Å². The lowest BCUT2D eigenvalue weighted by Gasteiger charge is -2.39. The summed E-state index contributed by atoms with van der Waals surface area (Å²) < 4.78 is 2.50. The van der Waals surface area contributed by atoms with Crippen molar-refractivity contribution in [2.24, 2.45) is 0 Å². The second-order valence-electron chi connectivity index (χ2n) is 16.3. The van der Waals surface area contributed by atoms with E-state index >= 15 is 0 Å². The van der Waals surface area contributed by atoms with E-state index in [9.17, 15) is 0 Å². The molecule has 4 heteroatoms. The monoisotopic (exact) mass is 788 g/mol. The average molecular weight is 789 g/mol. The standard InChI is InChI=1S/C58H36N4/c1-3-15-37(16-4-1)41-19-13-20-43(35-41)57-60-55(39-17-5-2-6-18-39)59-56(61-57)40-31-29-38(30-32-40)42-33-34-45-44-21-7-9-24-48(44)58(51(45)36-42)49-25-10-12-28-53(49)62-52-27-11-8-22-46(52)47-23-14-26-50(58)54(47)62/h1-36H. The summed E-state index contributed by atoms with van der Waals surface area (Å²) in [4.78, 5) is 15.2. The Morgan fingerprint density at radius 3 is 1.61 bits per heavy atom. The summed E-state index contributed by atoms with van der Waals surface area (Å²) >= 11 is 0. The number of fused-ring (bicyclic) bond motifs is 12. The number of aromatic nitrogens is 4. The maximum absolute atomic E-state index is 5.11. The average Bonchev–Trinajstić information content (AvgIpc) is 3.85. The molecule has 0 bridgehead atoms.